The van der Waals surface area contributed by atoms with E-state index in [2.05, 4.69) is 43.6 Å². The summed E-state index contributed by atoms with van der Waals surface area (Å²) in [5.74, 6) is 3.93. The molecule has 0 atom stereocenters. The zero-order chi connectivity index (χ0) is 21.7. The summed E-state index contributed by atoms with van der Waals surface area (Å²) in [6.45, 7) is 12.2. The Hall–Kier alpha value is -1.73. The zero-order valence-corrected chi connectivity index (χ0v) is 19.8. The van der Waals surface area contributed by atoms with E-state index < -0.39 is 0 Å². The lowest BCUT2D eigenvalue weighted by Crippen LogP contribution is -2.49. The standard InChI is InChI=1S/C25H39N7/c1-18(2)31-6-3-30(4-7-31)5-8-32-24-22(15-29-32)23(27-17-28-24)26-16-25-12-19-9-20(13-25)11-21(10-19)14-25/h15,17-21H,3-14,16H2,1-2H3,(H,26,27,28). The summed E-state index contributed by atoms with van der Waals surface area (Å²) in [4.78, 5) is 14.3. The smallest absolute Gasteiger partial charge is 0.163 e. The normalized spacial score (nSPS) is 32.9. The molecule has 7 rings (SSSR count). The van der Waals surface area contributed by atoms with Crippen LogP contribution in [-0.4, -0.2) is 74.9 Å². The van der Waals surface area contributed by atoms with Gasteiger partial charge in [0.25, 0.3) is 0 Å². The molecule has 0 aromatic carbocycles. The number of rotatable bonds is 7. The van der Waals surface area contributed by atoms with E-state index in [1.807, 2.05) is 6.20 Å². The molecule has 1 aliphatic heterocycles. The summed E-state index contributed by atoms with van der Waals surface area (Å²) >= 11 is 0. The highest BCUT2D eigenvalue weighted by Crippen LogP contribution is 2.59. The van der Waals surface area contributed by atoms with Crippen LogP contribution in [0.2, 0.25) is 0 Å². The quantitative estimate of drug-likeness (QED) is 0.716. The third-order valence-electron chi connectivity index (χ3n) is 8.99. The predicted molar refractivity (Wildman–Crippen MR) is 128 cm³/mol. The Morgan fingerprint density at radius 3 is 2.31 bits per heavy atom. The number of hydrogen-bond acceptors (Lipinski definition) is 6. The Morgan fingerprint density at radius 1 is 0.969 bits per heavy atom. The van der Waals surface area contributed by atoms with Gasteiger partial charge in [0.2, 0.25) is 0 Å². The molecule has 174 valence electrons. The van der Waals surface area contributed by atoms with Crippen molar-refractivity contribution in [3.63, 3.8) is 0 Å². The number of anilines is 1. The Balaban J connectivity index is 1.10. The van der Waals surface area contributed by atoms with E-state index in [9.17, 15) is 0 Å². The van der Waals surface area contributed by atoms with E-state index in [4.69, 9.17) is 5.10 Å². The van der Waals surface area contributed by atoms with Gasteiger partial charge < -0.3 is 5.32 Å². The van der Waals surface area contributed by atoms with Crippen LogP contribution in [0.15, 0.2) is 12.5 Å². The van der Waals surface area contributed by atoms with Gasteiger partial charge in [-0.15, -0.1) is 0 Å². The lowest BCUT2D eigenvalue weighted by molar-refractivity contribution is -0.0444. The van der Waals surface area contributed by atoms with E-state index in [1.165, 1.54) is 38.5 Å². The largest absolute Gasteiger partial charge is 0.369 e. The molecule has 2 aromatic rings. The molecule has 0 unspecified atom stereocenters. The molecule has 32 heavy (non-hydrogen) atoms. The number of piperazine rings is 1. The molecule has 0 amide bonds. The highest BCUT2D eigenvalue weighted by Gasteiger charge is 2.50. The first-order chi connectivity index (χ1) is 15.6. The fourth-order valence-electron chi connectivity index (χ4n) is 7.71. The number of nitrogens with zero attached hydrogens (tertiary/aromatic N) is 6. The van der Waals surface area contributed by atoms with Gasteiger partial charge in [0.15, 0.2) is 5.65 Å². The number of nitrogens with one attached hydrogen (secondary N) is 1. The molecule has 1 saturated heterocycles. The molecule has 3 heterocycles. The van der Waals surface area contributed by atoms with E-state index in [1.54, 1.807) is 6.33 Å². The summed E-state index contributed by atoms with van der Waals surface area (Å²) in [7, 11) is 0. The third kappa shape index (κ3) is 3.92. The summed E-state index contributed by atoms with van der Waals surface area (Å²) in [6.07, 6.45) is 12.4. The first kappa shape index (κ1) is 20.8. The van der Waals surface area contributed by atoms with E-state index in [-0.39, 0.29) is 0 Å². The highest BCUT2D eigenvalue weighted by molar-refractivity contribution is 5.86. The van der Waals surface area contributed by atoms with Crippen LogP contribution >= 0.6 is 0 Å². The molecule has 4 aliphatic carbocycles. The Bertz CT molecular complexity index is 908. The van der Waals surface area contributed by atoms with E-state index >= 15 is 0 Å². The van der Waals surface area contributed by atoms with Gasteiger partial charge in [-0.3, -0.25) is 9.80 Å². The Labute approximate surface area is 192 Å². The van der Waals surface area contributed by atoms with Gasteiger partial charge in [-0.2, -0.15) is 5.10 Å². The topological polar surface area (TPSA) is 62.1 Å². The summed E-state index contributed by atoms with van der Waals surface area (Å²) in [5.41, 5.74) is 1.47. The second kappa shape index (κ2) is 8.24. The molecule has 7 nitrogen and oxygen atoms in total. The second-order valence-electron chi connectivity index (χ2n) is 11.6. The van der Waals surface area contributed by atoms with Crippen LogP contribution in [-0.2, 0) is 6.54 Å². The van der Waals surface area contributed by atoms with Crippen LogP contribution in [0.5, 0.6) is 0 Å². The SMILES string of the molecule is CC(C)N1CCN(CCn2ncc3c(NCC45CC6CC(CC(C6)C4)C5)ncnc32)CC1. The molecular formula is C25H39N7. The average molecular weight is 438 g/mol. The third-order valence-corrected chi connectivity index (χ3v) is 8.99. The van der Waals surface area contributed by atoms with Gasteiger partial charge >= 0.3 is 0 Å². The van der Waals surface area contributed by atoms with Gasteiger partial charge in [0.1, 0.15) is 12.1 Å². The summed E-state index contributed by atoms with van der Waals surface area (Å²) in [5, 5.41) is 9.52. The lowest BCUT2D eigenvalue weighted by atomic mass is 9.49. The molecule has 1 N–H and O–H groups in total. The Morgan fingerprint density at radius 2 is 1.66 bits per heavy atom. The second-order valence-corrected chi connectivity index (χ2v) is 11.6. The summed E-state index contributed by atoms with van der Waals surface area (Å²) < 4.78 is 2.07. The molecule has 4 bridgehead atoms. The molecule has 4 saturated carbocycles. The van der Waals surface area contributed by atoms with Crippen molar-refractivity contribution in [2.45, 2.75) is 65.0 Å². The molecule has 7 heteroatoms. The zero-order valence-electron chi connectivity index (χ0n) is 19.8. The van der Waals surface area contributed by atoms with Crippen LogP contribution in [0.4, 0.5) is 5.82 Å². The lowest BCUT2D eigenvalue weighted by Gasteiger charge is -2.57. The van der Waals surface area contributed by atoms with Crippen molar-refractivity contribution in [1.29, 1.82) is 0 Å². The van der Waals surface area contributed by atoms with Crippen LogP contribution < -0.4 is 5.32 Å². The summed E-state index contributed by atoms with van der Waals surface area (Å²) in [6, 6.07) is 0.647. The van der Waals surface area contributed by atoms with Crippen molar-refractivity contribution >= 4 is 16.9 Å². The van der Waals surface area contributed by atoms with Crippen molar-refractivity contribution in [3.8, 4) is 0 Å². The Kier molecular flexibility index (Phi) is 5.37. The molecular weight excluding hydrogens is 398 g/mol. The monoisotopic (exact) mass is 437 g/mol. The number of fused-ring (bicyclic) bond motifs is 1. The van der Waals surface area contributed by atoms with Gasteiger partial charge in [0.05, 0.1) is 18.1 Å². The van der Waals surface area contributed by atoms with Gasteiger partial charge in [-0.25, -0.2) is 14.6 Å². The maximum absolute atomic E-state index is 4.70. The van der Waals surface area contributed by atoms with Crippen molar-refractivity contribution in [3.05, 3.63) is 12.5 Å². The average Bonchev–Trinajstić information content (AvgIpc) is 3.19. The number of aromatic nitrogens is 4. The molecule has 0 spiro atoms. The van der Waals surface area contributed by atoms with Crippen LogP contribution in [0.25, 0.3) is 11.0 Å². The van der Waals surface area contributed by atoms with Gasteiger partial charge in [0, 0.05) is 45.3 Å². The van der Waals surface area contributed by atoms with Crippen molar-refractivity contribution in [2.24, 2.45) is 23.2 Å². The van der Waals surface area contributed by atoms with Crippen LogP contribution in [0.3, 0.4) is 0 Å². The maximum Gasteiger partial charge on any atom is 0.163 e. The fourth-order valence-corrected chi connectivity index (χ4v) is 7.71. The van der Waals surface area contributed by atoms with E-state index in [0.29, 0.717) is 11.5 Å². The predicted octanol–water partition coefficient (Wildman–Crippen LogP) is 3.48. The van der Waals surface area contributed by atoms with Crippen molar-refractivity contribution in [1.82, 2.24) is 29.5 Å². The first-order valence-corrected chi connectivity index (χ1v) is 12.9. The maximum atomic E-state index is 4.70. The minimum atomic E-state index is 0.500. The van der Waals surface area contributed by atoms with Gasteiger partial charge in [-0.1, -0.05) is 0 Å². The molecule has 5 aliphatic rings. The van der Waals surface area contributed by atoms with E-state index in [0.717, 1.165) is 80.4 Å². The molecule has 5 fully saturated rings. The molecule has 0 radical (unpaired) electrons. The van der Waals surface area contributed by atoms with Crippen molar-refractivity contribution in [2.75, 3.05) is 44.6 Å². The first-order valence-electron chi connectivity index (χ1n) is 12.9. The fraction of sp³-hybridized carbons (Fsp3) is 0.800. The molecule has 2 aromatic heterocycles. The van der Waals surface area contributed by atoms with Gasteiger partial charge in [-0.05, 0) is 75.5 Å². The highest BCUT2D eigenvalue weighted by atomic mass is 15.3. The minimum absolute atomic E-state index is 0.500. The van der Waals surface area contributed by atoms with Crippen LogP contribution in [0.1, 0.15) is 52.4 Å². The van der Waals surface area contributed by atoms with Crippen molar-refractivity contribution < 1.29 is 0 Å². The number of hydrogen-bond donors (Lipinski definition) is 1. The minimum Gasteiger partial charge on any atom is -0.369 e. The van der Waals surface area contributed by atoms with Crippen LogP contribution in [0, 0.1) is 23.2 Å².